The lowest BCUT2D eigenvalue weighted by Gasteiger charge is -2.12. The Morgan fingerprint density at radius 1 is 1.19 bits per heavy atom. The number of carboxylic acid groups (broad SMARTS) is 1. The van der Waals surface area contributed by atoms with Gasteiger partial charge in [0.2, 0.25) is 5.95 Å². The van der Waals surface area contributed by atoms with E-state index < -0.39 is 6.09 Å². The number of hydrogen-bond acceptors (Lipinski definition) is 6. The number of methoxy groups -OCH3 is 2. The van der Waals surface area contributed by atoms with E-state index in [1.165, 1.54) is 0 Å². The maximum absolute atomic E-state index is 11.2. The van der Waals surface area contributed by atoms with Gasteiger partial charge >= 0.3 is 6.09 Å². The lowest BCUT2D eigenvalue weighted by Crippen LogP contribution is -2.10. The zero-order valence-corrected chi connectivity index (χ0v) is 15.0. The number of nitrogens with zero attached hydrogens (tertiary/aromatic N) is 2. The van der Waals surface area contributed by atoms with E-state index in [0.29, 0.717) is 36.2 Å². The molecule has 2 aromatic carbocycles. The fourth-order valence-electron chi connectivity index (χ4n) is 2.70. The van der Waals surface area contributed by atoms with Crippen LogP contribution in [0.4, 0.5) is 16.4 Å². The van der Waals surface area contributed by atoms with Crippen molar-refractivity contribution in [2.24, 2.45) is 0 Å². The fourth-order valence-corrected chi connectivity index (χ4v) is 2.70. The summed E-state index contributed by atoms with van der Waals surface area (Å²) < 4.78 is 10.3. The second-order valence-corrected chi connectivity index (χ2v) is 5.73. The monoisotopic (exact) mass is 368 g/mol. The van der Waals surface area contributed by atoms with E-state index in [-0.39, 0.29) is 0 Å². The van der Waals surface area contributed by atoms with Crippen LogP contribution in [-0.2, 0) is 4.74 Å². The number of rotatable bonds is 7. The first-order valence-electron chi connectivity index (χ1n) is 8.28. The van der Waals surface area contributed by atoms with Gasteiger partial charge in [0.05, 0.1) is 25.1 Å². The standard InChI is InChI=1S/C19H20N4O4/c1-26-8-7-21-18-20-6-5-16(22-18)13-9-12-3-4-14(27-2)11-15(12)17(10-13)23-19(24)25/h3-6,9-11,23H,7-8H2,1-2H3,(H,24,25)(H,20,21,22). The largest absolute Gasteiger partial charge is 0.497 e. The number of amides is 1. The van der Waals surface area contributed by atoms with Crippen molar-refractivity contribution in [2.75, 3.05) is 38.0 Å². The molecule has 8 nitrogen and oxygen atoms in total. The van der Waals surface area contributed by atoms with Gasteiger partial charge in [-0.05, 0) is 35.7 Å². The van der Waals surface area contributed by atoms with Crippen molar-refractivity contribution in [3.8, 4) is 17.0 Å². The molecule has 8 heteroatoms. The summed E-state index contributed by atoms with van der Waals surface area (Å²) in [5, 5.41) is 16.3. The van der Waals surface area contributed by atoms with Gasteiger partial charge in [-0.3, -0.25) is 5.32 Å². The molecule has 3 aromatic rings. The van der Waals surface area contributed by atoms with Crippen LogP contribution in [0.3, 0.4) is 0 Å². The first-order valence-corrected chi connectivity index (χ1v) is 8.28. The van der Waals surface area contributed by atoms with E-state index in [4.69, 9.17) is 9.47 Å². The molecule has 1 heterocycles. The van der Waals surface area contributed by atoms with Crippen molar-refractivity contribution in [3.63, 3.8) is 0 Å². The van der Waals surface area contributed by atoms with Crippen molar-refractivity contribution in [3.05, 3.63) is 42.6 Å². The van der Waals surface area contributed by atoms with Crippen LogP contribution in [0.25, 0.3) is 22.0 Å². The Morgan fingerprint density at radius 2 is 2.04 bits per heavy atom. The van der Waals surface area contributed by atoms with Crippen LogP contribution in [-0.4, -0.2) is 48.5 Å². The quantitative estimate of drug-likeness (QED) is 0.548. The predicted octanol–water partition coefficient (Wildman–Crippen LogP) is 3.45. The average Bonchev–Trinajstić information content (AvgIpc) is 2.67. The maximum atomic E-state index is 11.2. The number of benzene rings is 2. The molecule has 0 atom stereocenters. The van der Waals surface area contributed by atoms with E-state index in [0.717, 1.165) is 16.3 Å². The van der Waals surface area contributed by atoms with E-state index in [1.807, 2.05) is 18.2 Å². The number of carbonyl (C=O) groups is 1. The van der Waals surface area contributed by atoms with Crippen molar-refractivity contribution in [2.45, 2.75) is 0 Å². The summed E-state index contributed by atoms with van der Waals surface area (Å²) in [5.41, 5.74) is 1.91. The third kappa shape index (κ3) is 4.42. The third-order valence-electron chi connectivity index (χ3n) is 3.94. The molecule has 3 rings (SSSR count). The summed E-state index contributed by atoms with van der Waals surface area (Å²) in [6, 6.07) is 11.0. The molecular weight excluding hydrogens is 348 g/mol. The van der Waals surface area contributed by atoms with Crippen molar-refractivity contribution >= 4 is 28.5 Å². The zero-order chi connectivity index (χ0) is 19.2. The van der Waals surface area contributed by atoms with E-state index in [2.05, 4.69) is 20.6 Å². The normalized spacial score (nSPS) is 10.6. The fraction of sp³-hybridized carbons (Fsp3) is 0.211. The molecule has 0 saturated carbocycles. The molecular formula is C19H20N4O4. The van der Waals surface area contributed by atoms with Gasteiger partial charge in [0.25, 0.3) is 0 Å². The molecule has 0 unspecified atom stereocenters. The first-order chi connectivity index (χ1) is 13.1. The lowest BCUT2D eigenvalue weighted by atomic mass is 10.0. The molecule has 0 fully saturated rings. The van der Waals surface area contributed by atoms with Crippen LogP contribution >= 0.6 is 0 Å². The highest BCUT2D eigenvalue weighted by molar-refractivity contribution is 6.02. The Hall–Kier alpha value is -3.39. The van der Waals surface area contributed by atoms with Crippen LogP contribution in [0.1, 0.15) is 0 Å². The van der Waals surface area contributed by atoms with Gasteiger partial charge in [-0.15, -0.1) is 0 Å². The van der Waals surface area contributed by atoms with Crippen LogP contribution in [0.2, 0.25) is 0 Å². The molecule has 0 bridgehead atoms. The Labute approximate surface area is 156 Å². The van der Waals surface area contributed by atoms with Gasteiger partial charge in [0.15, 0.2) is 0 Å². The molecule has 0 aliphatic rings. The third-order valence-corrected chi connectivity index (χ3v) is 3.94. The Morgan fingerprint density at radius 3 is 2.78 bits per heavy atom. The molecule has 1 amide bonds. The molecule has 0 aliphatic heterocycles. The van der Waals surface area contributed by atoms with Crippen LogP contribution < -0.4 is 15.4 Å². The highest BCUT2D eigenvalue weighted by Gasteiger charge is 2.11. The molecule has 0 aliphatic carbocycles. The van der Waals surface area contributed by atoms with Gasteiger partial charge in [0, 0.05) is 30.8 Å². The topological polar surface area (TPSA) is 106 Å². The number of hydrogen-bond donors (Lipinski definition) is 3. The minimum atomic E-state index is -1.14. The van der Waals surface area contributed by atoms with Crippen molar-refractivity contribution in [1.82, 2.24) is 9.97 Å². The Bertz CT molecular complexity index is 962. The Balaban J connectivity index is 2.04. The Kier molecular flexibility index (Phi) is 5.68. The van der Waals surface area contributed by atoms with E-state index in [9.17, 15) is 9.90 Å². The molecule has 0 radical (unpaired) electrons. The minimum Gasteiger partial charge on any atom is -0.497 e. The van der Waals surface area contributed by atoms with Crippen molar-refractivity contribution < 1.29 is 19.4 Å². The highest BCUT2D eigenvalue weighted by Crippen LogP contribution is 2.33. The summed E-state index contributed by atoms with van der Waals surface area (Å²) in [6.07, 6.45) is 0.515. The predicted molar refractivity (Wildman–Crippen MR) is 104 cm³/mol. The van der Waals surface area contributed by atoms with Crippen LogP contribution in [0.15, 0.2) is 42.6 Å². The smallest absolute Gasteiger partial charge is 0.409 e. The van der Waals surface area contributed by atoms with Gasteiger partial charge in [-0.1, -0.05) is 6.07 Å². The summed E-state index contributed by atoms with van der Waals surface area (Å²) in [4.78, 5) is 19.9. The molecule has 3 N–H and O–H groups in total. The summed E-state index contributed by atoms with van der Waals surface area (Å²) in [5.74, 6) is 1.13. The minimum absolute atomic E-state index is 0.460. The van der Waals surface area contributed by atoms with E-state index in [1.54, 1.807) is 38.6 Å². The second-order valence-electron chi connectivity index (χ2n) is 5.73. The number of fused-ring (bicyclic) bond motifs is 1. The SMILES string of the molecule is COCCNc1nccc(-c2cc(NC(=O)O)c3cc(OC)ccc3c2)n1. The number of nitrogens with one attached hydrogen (secondary N) is 2. The van der Waals surface area contributed by atoms with Gasteiger partial charge in [0.1, 0.15) is 5.75 Å². The first kappa shape index (κ1) is 18.4. The van der Waals surface area contributed by atoms with Gasteiger partial charge in [-0.25, -0.2) is 14.8 Å². The van der Waals surface area contributed by atoms with Crippen molar-refractivity contribution in [1.29, 1.82) is 0 Å². The molecule has 140 valence electrons. The van der Waals surface area contributed by atoms with Crippen LogP contribution in [0, 0.1) is 0 Å². The second kappa shape index (κ2) is 8.33. The number of ether oxygens (including phenoxy) is 2. The lowest BCUT2D eigenvalue weighted by molar-refractivity contribution is 0.209. The number of aromatic nitrogens is 2. The average molecular weight is 368 g/mol. The zero-order valence-electron chi connectivity index (χ0n) is 15.0. The molecule has 0 spiro atoms. The summed E-state index contributed by atoms with van der Waals surface area (Å²) in [6.45, 7) is 1.13. The van der Waals surface area contributed by atoms with Gasteiger partial charge < -0.3 is 19.9 Å². The summed E-state index contributed by atoms with van der Waals surface area (Å²) in [7, 11) is 3.19. The summed E-state index contributed by atoms with van der Waals surface area (Å²) >= 11 is 0. The van der Waals surface area contributed by atoms with Gasteiger partial charge in [-0.2, -0.15) is 0 Å². The number of anilines is 2. The molecule has 27 heavy (non-hydrogen) atoms. The molecule has 1 aromatic heterocycles. The molecule has 0 saturated heterocycles. The van der Waals surface area contributed by atoms with Crippen LogP contribution in [0.5, 0.6) is 5.75 Å². The van der Waals surface area contributed by atoms with E-state index >= 15 is 0 Å². The maximum Gasteiger partial charge on any atom is 0.409 e. The highest BCUT2D eigenvalue weighted by atomic mass is 16.5.